The number of amidine groups is 2. The van der Waals surface area contributed by atoms with E-state index in [9.17, 15) is 0 Å². The molecule has 0 spiro atoms. The van der Waals surface area contributed by atoms with Gasteiger partial charge in [0, 0.05) is 19.8 Å². The maximum Gasteiger partial charge on any atom is 0.165 e. The third-order valence-electron chi connectivity index (χ3n) is 2.27. The predicted molar refractivity (Wildman–Crippen MR) is 78.5 cm³/mol. The van der Waals surface area contributed by atoms with Gasteiger partial charge in [-0.15, -0.1) is 0 Å². The lowest BCUT2D eigenvalue weighted by molar-refractivity contribution is 0.335. The molecule has 6 N–H and O–H groups in total. The first-order valence-corrected chi connectivity index (χ1v) is 5.63. The molecule has 0 unspecified atom stereocenters. The number of anilines is 1. The number of benzene rings is 1. The highest BCUT2D eigenvalue weighted by Gasteiger charge is 2.11. The lowest BCUT2D eigenvalue weighted by Crippen LogP contribution is -2.34. The van der Waals surface area contributed by atoms with Crippen molar-refractivity contribution in [3.05, 3.63) is 23.2 Å². The number of nitrogens with zero attached hydrogens (tertiary/aromatic N) is 2. The Morgan fingerprint density at radius 2 is 2.05 bits per heavy atom. The fourth-order valence-electron chi connectivity index (χ4n) is 1.34. The Bertz CT molecular complexity index is 540. The molecule has 1 rings (SSSR count). The van der Waals surface area contributed by atoms with Crippen LogP contribution < -0.4 is 21.8 Å². The number of nitrogens with one attached hydrogen (secondary N) is 2. The molecular formula is C11H15ClN6O. The molecule has 1 aromatic rings. The molecule has 0 radical (unpaired) electrons. The fraction of sp³-hybridized carbons (Fsp3) is 0.182. The van der Waals surface area contributed by atoms with Crippen LogP contribution >= 0.6 is 11.6 Å². The van der Waals surface area contributed by atoms with Crippen LogP contribution in [0.5, 0.6) is 5.75 Å². The molecule has 0 heterocycles. The molecule has 0 saturated heterocycles. The van der Waals surface area contributed by atoms with Crippen molar-refractivity contribution in [2.45, 2.75) is 0 Å². The van der Waals surface area contributed by atoms with Gasteiger partial charge in [0.2, 0.25) is 0 Å². The largest absolute Gasteiger partial charge is 0.410 e. The van der Waals surface area contributed by atoms with Crippen LogP contribution in [0.4, 0.5) is 5.69 Å². The monoisotopic (exact) mass is 282 g/mol. The second-order valence-electron chi connectivity index (χ2n) is 3.44. The first kappa shape index (κ1) is 14.9. The zero-order chi connectivity index (χ0) is 14.4. The third-order valence-corrected chi connectivity index (χ3v) is 2.57. The highest BCUT2D eigenvalue weighted by molar-refractivity contribution is 6.68. The minimum Gasteiger partial charge on any atom is -0.410 e. The normalized spacial score (nSPS) is 12.2. The standard InChI is InChI=1S/C11H15ClN6O/c1-16-9(10(13)17-2)11(14)18-6-3-4-8(19-15)7(12)5-6/h3-5H,15H2,1-2H3,(H2,13,17)(H2,14,18)/b16-9+. The van der Waals surface area contributed by atoms with Gasteiger partial charge in [-0.05, 0) is 18.2 Å². The Labute approximate surface area is 115 Å². The quantitative estimate of drug-likeness (QED) is 0.374. The molecule has 0 aromatic heterocycles. The van der Waals surface area contributed by atoms with Crippen molar-refractivity contribution in [3.8, 4) is 5.75 Å². The van der Waals surface area contributed by atoms with E-state index >= 15 is 0 Å². The van der Waals surface area contributed by atoms with Gasteiger partial charge in [0.1, 0.15) is 11.5 Å². The second-order valence-corrected chi connectivity index (χ2v) is 3.85. The van der Waals surface area contributed by atoms with E-state index in [0.29, 0.717) is 16.5 Å². The van der Waals surface area contributed by atoms with Crippen LogP contribution in [0.2, 0.25) is 5.02 Å². The molecule has 8 heteroatoms. The third kappa shape index (κ3) is 3.67. The highest BCUT2D eigenvalue weighted by Crippen LogP contribution is 2.26. The summed E-state index contributed by atoms with van der Waals surface area (Å²) in [7, 11) is 3.06. The number of halogens is 1. The van der Waals surface area contributed by atoms with Gasteiger partial charge in [-0.3, -0.25) is 15.4 Å². The van der Waals surface area contributed by atoms with Gasteiger partial charge < -0.3 is 15.9 Å². The number of aliphatic imine (C=N–C) groups is 2. The Balaban J connectivity index is 2.91. The molecule has 0 fully saturated rings. The maximum atomic E-state index is 7.88. The number of rotatable bonds is 4. The fourth-order valence-corrected chi connectivity index (χ4v) is 1.56. The van der Waals surface area contributed by atoms with E-state index in [2.05, 4.69) is 20.1 Å². The summed E-state index contributed by atoms with van der Waals surface area (Å²) in [6.07, 6.45) is 0. The predicted octanol–water partition coefficient (Wildman–Crippen LogP) is 1.04. The molecule has 0 atom stereocenters. The van der Waals surface area contributed by atoms with E-state index in [0.717, 1.165) is 0 Å². The van der Waals surface area contributed by atoms with Gasteiger partial charge in [-0.2, -0.15) is 5.90 Å². The summed E-state index contributed by atoms with van der Waals surface area (Å²) >= 11 is 5.92. The Hall–Kier alpha value is -2.12. The van der Waals surface area contributed by atoms with Gasteiger partial charge in [-0.1, -0.05) is 11.6 Å². The second kappa shape index (κ2) is 6.72. The Morgan fingerprint density at radius 1 is 1.37 bits per heavy atom. The summed E-state index contributed by atoms with van der Waals surface area (Å²) < 4.78 is 0. The molecule has 0 aliphatic heterocycles. The van der Waals surface area contributed by atoms with Crippen LogP contribution in [0.25, 0.3) is 0 Å². The van der Waals surface area contributed by atoms with Crippen molar-refractivity contribution in [2.75, 3.05) is 19.4 Å². The molecule has 0 aliphatic rings. The van der Waals surface area contributed by atoms with E-state index < -0.39 is 0 Å². The average Bonchev–Trinajstić information content (AvgIpc) is 2.39. The van der Waals surface area contributed by atoms with Crippen LogP contribution in [-0.4, -0.2) is 31.5 Å². The summed E-state index contributed by atoms with van der Waals surface area (Å²) in [5.41, 5.74) is 6.48. The van der Waals surface area contributed by atoms with E-state index in [1.54, 1.807) is 18.2 Å². The van der Waals surface area contributed by atoms with Crippen molar-refractivity contribution in [2.24, 2.45) is 21.6 Å². The molecule has 1 aromatic carbocycles. The van der Waals surface area contributed by atoms with Gasteiger partial charge in [-0.25, -0.2) is 0 Å². The molecule has 0 bridgehead atoms. The summed E-state index contributed by atoms with van der Waals surface area (Å²) in [5, 5.41) is 11.0. The van der Waals surface area contributed by atoms with E-state index in [1.807, 2.05) is 0 Å². The molecule has 7 nitrogen and oxygen atoms in total. The summed E-state index contributed by atoms with van der Waals surface area (Å²) in [4.78, 5) is 12.2. The van der Waals surface area contributed by atoms with Crippen LogP contribution in [0.1, 0.15) is 0 Å². The average molecular weight is 283 g/mol. The molecule has 19 heavy (non-hydrogen) atoms. The molecule has 0 amide bonds. The topological polar surface area (TPSA) is 122 Å². The first-order chi connectivity index (χ1) is 9.03. The molecular weight excluding hydrogens is 268 g/mol. The van der Waals surface area contributed by atoms with Crippen LogP contribution in [0, 0.1) is 5.41 Å². The van der Waals surface area contributed by atoms with E-state index in [-0.39, 0.29) is 17.4 Å². The van der Waals surface area contributed by atoms with E-state index in [1.165, 1.54) is 14.1 Å². The summed E-state index contributed by atoms with van der Waals surface area (Å²) in [5.74, 6) is 5.57. The van der Waals surface area contributed by atoms with Gasteiger partial charge in [0.25, 0.3) is 0 Å². The Morgan fingerprint density at radius 3 is 2.53 bits per heavy atom. The smallest absolute Gasteiger partial charge is 0.165 e. The molecule has 0 saturated carbocycles. The van der Waals surface area contributed by atoms with Crippen molar-refractivity contribution < 1.29 is 4.84 Å². The maximum absolute atomic E-state index is 7.88. The van der Waals surface area contributed by atoms with Gasteiger partial charge in [0.05, 0.1) is 5.02 Å². The van der Waals surface area contributed by atoms with Crippen molar-refractivity contribution in [1.82, 2.24) is 0 Å². The summed E-state index contributed by atoms with van der Waals surface area (Å²) in [6.45, 7) is 0. The van der Waals surface area contributed by atoms with Crippen molar-refractivity contribution in [1.29, 1.82) is 5.41 Å². The van der Waals surface area contributed by atoms with E-state index in [4.69, 9.17) is 28.6 Å². The number of hydrogen-bond acceptors (Lipinski definition) is 5. The first-order valence-electron chi connectivity index (χ1n) is 5.25. The molecule has 102 valence electrons. The zero-order valence-corrected chi connectivity index (χ0v) is 11.3. The van der Waals surface area contributed by atoms with Crippen LogP contribution in [0.3, 0.4) is 0 Å². The van der Waals surface area contributed by atoms with Crippen LogP contribution in [-0.2, 0) is 0 Å². The van der Waals surface area contributed by atoms with Crippen LogP contribution in [0.15, 0.2) is 28.2 Å². The minimum atomic E-state index is 0.0167. The summed E-state index contributed by atoms with van der Waals surface area (Å²) in [6, 6.07) is 4.82. The van der Waals surface area contributed by atoms with Crippen molar-refractivity contribution in [3.63, 3.8) is 0 Å². The highest BCUT2D eigenvalue weighted by atomic mass is 35.5. The Kier molecular flexibility index (Phi) is 5.28. The minimum absolute atomic E-state index is 0.0167. The SMILES string of the molecule is C/N=C(C(=N)Nc1ccc(ON)c(Cl)c1)\C(N)=N/C. The number of nitrogens with two attached hydrogens (primary N) is 2. The zero-order valence-electron chi connectivity index (χ0n) is 10.6. The van der Waals surface area contributed by atoms with Crippen molar-refractivity contribution >= 4 is 34.7 Å². The lowest BCUT2D eigenvalue weighted by Gasteiger charge is -2.11. The lowest BCUT2D eigenvalue weighted by atomic mass is 10.2. The van der Waals surface area contributed by atoms with Gasteiger partial charge >= 0.3 is 0 Å². The number of hydrogen-bond donors (Lipinski definition) is 4. The molecule has 0 aliphatic carbocycles. The van der Waals surface area contributed by atoms with Gasteiger partial charge in [0.15, 0.2) is 11.6 Å².